The van der Waals surface area contributed by atoms with Gasteiger partial charge in [0, 0.05) is 18.0 Å². The lowest BCUT2D eigenvalue weighted by Crippen LogP contribution is -2.18. The van der Waals surface area contributed by atoms with E-state index in [4.69, 9.17) is 19.9 Å². The van der Waals surface area contributed by atoms with Gasteiger partial charge in [-0.15, -0.1) is 0 Å². The third kappa shape index (κ3) is 4.17. The molecule has 1 unspecified atom stereocenters. The quantitative estimate of drug-likeness (QED) is 0.852. The second-order valence-electron chi connectivity index (χ2n) is 5.65. The van der Waals surface area contributed by atoms with Crippen LogP contribution >= 0.6 is 0 Å². The fraction of sp³-hybridized carbons (Fsp3) is 0.368. The Morgan fingerprint density at radius 1 is 0.826 bits per heavy atom. The van der Waals surface area contributed by atoms with E-state index in [9.17, 15) is 0 Å². The molecule has 0 heterocycles. The summed E-state index contributed by atoms with van der Waals surface area (Å²) in [5.74, 6) is 2.55. The molecule has 0 saturated carbocycles. The zero-order chi connectivity index (χ0) is 16.8. The Hall–Kier alpha value is -2.20. The van der Waals surface area contributed by atoms with E-state index in [-0.39, 0.29) is 6.04 Å². The van der Waals surface area contributed by atoms with Crippen LogP contribution in [-0.2, 0) is 12.8 Å². The summed E-state index contributed by atoms with van der Waals surface area (Å²) in [5, 5.41) is 0. The molecule has 4 heteroatoms. The number of hydrogen-bond acceptors (Lipinski definition) is 4. The number of nitrogens with two attached hydrogens (primary N) is 1. The topological polar surface area (TPSA) is 53.7 Å². The van der Waals surface area contributed by atoms with Crippen LogP contribution in [0.1, 0.15) is 23.6 Å². The first-order valence-corrected chi connectivity index (χ1v) is 7.70. The highest BCUT2D eigenvalue weighted by Gasteiger charge is 2.14. The number of hydrogen-bond donors (Lipinski definition) is 1. The van der Waals surface area contributed by atoms with Crippen molar-refractivity contribution in [3.63, 3.8) is 0 Å². The van der Waals surface area contributed by atoms with Gasteiger partial charge in [-0.05, 0) is 42.7 Å². The van der Waals surface area contributed by atoms with Crippen LogP contribution in [-0.4, -0.2) is 27.4 Å². The predicted octanol–water partition coefficient (Wildman–Crippen LogP) is 3.19. The Balaban J connectivity index is 2.41. The number of ether oxygens (including phenoxy) is 3. The molecule has 23 heavy (non-hydrogen) atoms. The van der Waals surface area contributed by atoms with Gasteiger partial charge in [0.2, 0.25) is 0 Å². The summed E-state index contributed by atoms with van der Waals surface area (Å²) in [6, 6.07) is 12.1. The van der Waals surface area contributed by atoms with Crippen LogP contribution in [0.5, 0.6) is 17.2 Å². The maximum Gasteiger partial charge on any atom is 0.122 e. The van der Waals surface area contributed by atoms with Crippen molar-refractivity contribution >= 4 is 0 Å². The van der Waals surface area contributed by atoms with E-state index in [1.165, 1.54) is 0 Å². The normalized spacial score (nSPS) is 11.9. The van der Waals surface area contributed by atoms with Gasteiger partial charge in [0.1, 0.15) is 17.2 Å². The lowest BCUT2D eigenvalue weighted by atomic mass is 9.98. The van der Waals surface area contributed by atoms with Gasteiger partial charge in [0.05, 0.1) is 21.3 Å². The summed E-state index contributed by atoms with van der Waals surface area (Å²) in [5.41, 5.74) is 9.15. The van der Waals surface area contributed by atoms with Crippen LogP contribution in [0, 0.1) is 0 Å². The van der Waals surface area contributed by atoms with Crippen molar-refractivity contribution in [2.24, 2.45) is 5.73 Å². The fourth-order valence-electron chi connectivity index (χ4n) is 2.72. The SMILES string of the molecule is COc1ccccc1Cc1cc(OC)c(CC(C)N)cc1OC. The van der Waals surface area contributed by atoms with Gasteiger partial charge < -0.3 is 19.9 Å². The number of methoxy groups -OCH3 is 3. The molecule has 2 aromatic carbocycles. The lowest BCUT2D eigenvalue weighted by Gasteiger charge is -2.17. The molecule has 0 spiro atoms. The summed E-state index contributed by atoms with van der Waals surface area (Å²) < 4.78 is 16.5. The van der Waals surface area contributed by atoms with Crippen LogP contribution in [0.3, 0.4) is 0 Å². The van der Waals surface area contributed by atoms with Crippen molar-refractivity contribution in [2.75, 3.05) is 21.3 Å². The summed E-state index contributed by atoms with van der Waals surface area (Å²) in [4.78, 5) is 0. The molecule has 0 aliphatic carbocycles. The monoisotopic (exact) mass is 315 g/mol. The molecule has 0 aliphatic rings. The minimum atomic E-state index is 0.0636. The van der Waals surface area contributed by atoms with E-state index in [1.54, 1.807) is 21.3 Å². The summed E-state index contributed by atoms with van der Waals surface area (Å²) in [7, 11) is 5.05. The van der Waals surface area contributed by atoms with Crippen LogP contribution in [0.25, 0.3) is 0 Å². The van der Waals surface area contributed by atoms with Gasteiger partial charge >= 0.3 is 0 Å². The van der Waals surface area contributed by atoms with E-state index in [0.717, 1.165) is 40.4 Å². The average Bonchev–Trinajstić information content (AvgIpc) is 2.55. The lowest BCUT2D eigenvalue weighted by molar-refractivity contribution is 0.393. The molecule has 0 fully saturated rings. The molecule has 2 rings (SSSR count). The molecule has 4 nitrogen and oxygen atoms in total. The summed E-state index contributed by atoms with van der Waals surface area (Å²) in [6.07, 6.45) is 1.45. The van der Waals surface area contributed by atoms with Gasteiger partial charge in [-0.2, -0.15) is 0 Å². The highest BCUT2D eigenvalue weighted by Crippen LogP contribution is 2.32. The second kappa shape index (κ2) is 7.88. The van der Waals surface area contributed by atoms with Gasteiger partial charge in [-0.25, -0.2) is 0 Å². The minimum Gasteiger partial charge on any atom is -0.496 e. The molecule has 0 saturated heterocycles. The van der Waals surface area contributed by atoms with Crippen LogP contribution in [0.4, 0.5) is 0 Å². The highest BCUT2D eigenvalue weighted by molar-refractivity contribution is 5.50. The van der Waals surface area contributed by atoms with E-state index >= 15 is 0 Å². The zero-order valence-corrected chi connectivity index (χ0v) is 14.3. The van der Waals surface area contributed by atoms with E-state index in [0.29, 0.717) is 6.42 Å². The highest BCUT2D eigenvalue weighted by atomic mass is 16.5. The standard InChI is InChI=1S/C19H25NO3/c1-13(20)9-15-11-19(23-4)16(12-18(15)22-3)10-14-7-5-6-8-17(14)21-2/h5-8,11-13H,9-10,20H2,1-4H3. The predicted molar refractivity (Wildman–Crippen MR) is 92.7 cm³/mol. The molecule has 0 amide bonds. The molecule has 1 atom stereocenters. The summed E-state index contributed by atoms with van der Waals surface area (Å²) >= 11 is 0. The van der Waals surface area contributed by atoms with Crippen molar-refractivity contribution in [1.82, 2.24) is 0 Å². The van der Waals surface area contributed by atoms with Gasteiger partial charge in [-0.1, -0.05) is 18.2 Å². The molecule has 0 aliphatic heterocycles. The van der Waals surface area contributed by atoms with Crippen LogP contribution in [0.15, 0.2) is 36.4 Å². The number of para-hydroxylation sites is 1. The Kier molecular flexibility index (Phi) is 5.88. The van der Waals surface area contributed by atoms with Gasteiger partial charge in [0.15, 0.2) is 0 Å². The van der Waals surface area contributed by atoms with Gasteiger partial charge in [-0.3, -0.25) is 0 Å². The van der Waals surface area contributed by atoms with Crippen molar-refractivity contribution in [3.05, 3.63) is 53.1 Å². The Bertz CT molecular complexity index is 653. The van der Waals surface area contributed by atoms with Crippen molar-refractivity contribution in [1.29, 1.82) is 0 Å². The third-order valence-electron chi connectivity index (χ3n) is 3.80. The van der Waals surface area contributed by atoms with E-state index in [2.05, 4.69) is 6.07 Å². The summed E-state index contributed by atoms with van der Waals surface area (Å²) in [6.45, 7) is 1.98. The zero-order valence-electron chi connectivity index (χ0n) is 14.3. The van der Waals surface area contributed by atoms with E-state index in [1.807, 2.05) is 37.3 Å². The maximum atomic E-state index is 5.93. The first-order chi connectivity index (χ1) is 11.1. The second-order valence-corrected chi connectivity index (χ2v) is 5.65. The van der Waals surface area contributed by atoms with E-state index < -0.39 is 0 Å². The first-order valence-electron chi connectivity index (χ1n) is 7.70. The maximum absolute atomic E-state index is 5.93. The van der Waals surface area contributed by atoms with Crippen LogP contribution in [0.2, 0.25) is 0 Å². The van der Waals surface area contributed by atoms with Crippen molar-refractivity contribution < 1.29 is 14.2 Å². The molecule has 0 radical (unpaired) electrons. The molecular weight excluding hydrogens is 290 g/mol. The molecule has 0 bridgehead atoms. The molecular formula is C19H25NO3. The number of rotatable bonds is 7. The minimum absolute atomic E-state index is 0.0636. The Morgan fingerprint density at radius 3 is 2.00 bits per heavy atom. The Morgan fingerprint density at radius 2 is 1.39 bits per heavy atom. The van der Waals surface area contributed by atoms with Crippen molar-refractivity contribution in [3.8, 4) is 17.2 Å². The largest absolute Gasteiger partial charge is 0.496 e. The van der Waals surface area contributed by atoms with Crippen molar-refractivity contribution in [2.45, 2.75) is 25.8 Å². The van der Waals surface area contributed by atoms with Gasteiger partial charge in [0.25, 0.3) is 0 Å². The Labute approximate surface area is 138 Å². The molecule has 2 N–H and O–H groups in total. The third-order valence-corrected chi connectivity index (χ3v) is 3.80. The van der Waals surface area contributed by atoms with Crippen LogP contribution < -0.4 is 19.9 Å². The number of benzene rings is 2. The first kappa shape index (κ1) is 17.2. The average molecular weight is 315 g/mol. The molecule has 2 aromatic rings. The fourth-order valence-corrected chi connectivity index (χ4v) is 2.72. The molecule has 0 aromatic heterocycles. The smallest absolute Gasteiger partial charge is 0.122 e. The molecule has 124 valence electrons.